The third-order valence-corrected chi connectivity index (χ3v) is 4.73. The van der Waals surface area contributed by atoms with Crippen molar-refractivity contribution in [3.63, 3.8) is 0 Å². The fraction of sp³-hybridized carbons (Fsp3) is 0.562. The van der Waals surface area contributed by atoms with E-state index in [1.54, 1.807) is 24.3 Å². The number of thioether (sulfide) groups is 1. The summed E-state index contributed by atoms with van der Waals surface area (Å²) in [6.07, 6.45) is -2.64. The van der Waals surface area contributed by atoms with Crippen molar-refractivity contribution in [1.29, 1.82) is 0 Å². The highest BCUT2D eigenvalue weighted by atomic mass is 32.2. The molecule has 0 saturated carbocycles. The molecule has 3 N–H and O–H groups in total. The monoisotopic (exact) mass is 361 g/mol. The number of hydrazine groups is 1. The predicted molar refractivity (Wildman–Crippen MR) is 89.8 cm³/mol. The molecule has 2 atom stereocenters. The van der Waals surface area contributed by atoms with Crippen LogP contribution in [0, 0.1) is 5.92 Å². The topological polar surface area (TPSA) is 53.2 Å². The summed E-state index contributed by atoms with van der Waals surface area (Å²) in [6, 6.07) is 6.36. The van der Waals surface area contributed by atoms with Crippen LogP contribution in [0.2, 0.25) is 0 Å². The Morgan fingerprint density at radius 3 is 2.71 bits per heavy atom. The van der Waals surface area contributed by atoms with Crippen molar-refractivity contribution >= 4 is 23.4 Å². The fourth-order valence-corrected chi connectivity index (χ4v) is 3.36. The van der Waals surface area contributed by atoms with Gasteiger partial charge in [0.05, 0.1) is 11.4 Å². The number of amides is 1. The average molecular weight is 361 g/mol. The molecule has 1 fully saturated rings. The number of benzene rings is 1. The highest BCUT2D eigenvalue weighted by Crippen LogP contribution is 2.32. The second-order valence-corrected chi connectivity index (χ2v) is 7.31. The second kappa shape index (κ2) is 8.22. The summed E-state index contributed by atoms with van der Waals surface area (Å²) in [5, 5.41) is 2.73. The molecule has 0 bridgehead atoms. The Balaban J connectivity index is 1.95. The third kappa shape index (κ3) is 5.99. The lowest BCUT2D eigenvalue weighted by atomic mass is 10.00. The molecule has 0 radical (unpaired) electrons. The van der Waals surface area contributed by atoms with E-state index in [2.05, 4.69) is 30.0 Å². The quantitative estimate of drug-likeness (QED) is 0.678. The van der Waals surface area contributed by atoms with Crippen LogP contribution >= 0.6 is 11.8 Å². The summed E-state index contributed by atoms with van der Waals surface area (Å²) >= 11 is 0.672. The predicted octanol–water partition coefficient (Wildman–Crippen LogP) is 3.56. The van der Waals surface area contributed by atoms with Crippen LogP contribution < -0.4 is 16.2 Å². The maximum Gasteiger partial charge on any atom is 0.398 e. The summed E-state index contributed by atoms with van der Waals surface area (Å²) < 4.78 is 37.2. The Morgan fingerprint density at radius 1 is 1.33 bits per heavy atom. The van der Waals surface area contributed by atoms with Gasteiger partial charge in [0.25, 0.3) is 0 Å². The van der Waals surface area contributed by atoms with Crippen molar-refractivity contribution in [3.8, 4) is 0 Å². The van der Waals surface area contributed by atoms with Crippen LogP contribution in [0.5, 0.6) is 0 Å². The molecular formula is C16H22F3N3OS. The normalized spacial score (nSPS) is 21.2. The zero-order chi connectivity index (χ0) is 17.7. The van der Waals surface area contributed by atoms with Crippen molar-refractivity contribution in [2.45, 2.75) is 49.8 Å². The first-order valence-corrected chi connectivity index (χ1v) is 8.83. The van der Waals surface area contributed by atoms with Crippen LogP contribution in [-0.2, 0) is 4.79 Å². The van der Waals surface area contributed by atoms with Crippen molar-refractivity contribution < 1.29 is 18.0 Å². The third-order valence-electron chi connectivity index (χ3n) is 3.59. The van der Waals surface area contributed by atoms with Gasteiger partial charge < -0.3 is 5.32 Å². The van der Waals surface area contributed by atoms with Gasteiger partial charge in [-0.05, 0) is 30.9 Å². The Bertz CT molecular complexity index is 566. The van der Waals surface area contributed by atoms with E-state index in [1.807, 2.05) is 0 Å². The first kappa shape index (κ1) is 19.1. The van der Waals surface area contributed by atoms with Crippen molar-refractivity contribution in [1.82, 2.24) is 10.9 Å². The minimum absolute atomic E-state index is 0.218. The molecule has 2 rings (SSSR count). The molecule has 24 heavy (non-hydrogen) atoms. The largest absolute Gasteiger partial charge is 0.398 e. The highest BCUT2D eigenvalue weighted by Gasteiger charge is 2.30. The van der Waals surface area contributed by atoms with Gasteiger partial charge in [0.1, 0.15) is 6.04 Å². The molecule has 2 unspecified atom stereocenters. The SMILES string of the molecule is CC(C)CC1CC(C(=O)Nc2ccccc2SCC(F)(F)F)NN1. The number of anilines is 1. The second-order valence-electron chi connectivity index (χ2n) is 6.29. The molecule has 0 spiro atoms. The van der Waals surface area contributed by atoms with Crippen molar-refractivity contribution in [3.05, 3.63) is 24.3 Å². The molecule has 8 heteroatoms. The molecule has 1 aromatic rings. The van der Waals surface area contributed by atoms with E-state index in [0.717, 1.165) is 6.42 Å². The van der Waals surface area contributed by atoms with E-state index in [0.29, 0.717) is 34.7 Å². The molecule has 1 aromatic carbocycles. The lowest BCUT2D eigenvalue weighted by molar-refractivity contribution is -0.118. The number of para-hydroxylation sites is 1. The highest BCUT2D eigenvalue weighted by molar-refractivity contribution is 7.99. The standard InChI is InChI=1S/C16H22F3N3OS/c1-10(2)7-11-8-13(22-21-11)15(23)20-12-5-3-4-6-14(12)24-9-16(17,18)19/h3-6,10-11,13,21-22H,7-9H2,1-2H3,(H,20,23). The van der Waals surface area contributed by atoms with Gasteiger partial charge in [-0.2, -0.15) is 13.2 Å². The van der Waals surface area contributed by atoms with E-state index >= 15 is 0 Å². The molecule has 0 aliphatic carbocycles. The number of carbonyl (C=O) groups is 1. The Kier molecular flexibility index (Phi) is 6.54. The zero-order valence-electron chi connectivity index (χ0n) is 13.6. The van der Waals surface area contributed by atoms with E-state index < -0.39 is 18.0 Å². The average Bonchev–Trinajstić information content (AvgIpc) is 2.93. The van der Waals surface area contributed by atoms with Crippen LogP contribution in [0.4, 0.5) is 18.9 Å². The number of alkyl halides is 3. The Hall–Kier alpha value is -1.25. The summed E-state index contributed by atoms with van der Waals surface area (Å²) in [5.74, 6) is -0.709. The van der Waals surface area contributed by atoms with E-state index in [9.17, 15) is 18.0 Å². The molecule has 134 valence electrons. The van der Waals surface area contributed by atoms with Gasteiger partial charge >= 0.3 is 6.18 Å². The molecule has 1 amide bonds. The van der Waals surface area contributed by atoms with Crippen LogP contribution in [0.3, 0.4) is 0 Å². The minimum Gasteiger partial charge on any atom is -0.324 e. The van der Waals surface area contributed by atoms with E-state index in [4.69, 9.17) is 0 Å². The summed E-state index contributed by atoms with van der Waals surface area (Å²) in [5.41, 5.74) is 6.47. The number of hydrogen-bond donors (Lipinski definition) is 3. The lowest BCUT2D eigenvalue weighted by Gasteiger charge is -2.14. The number of hydrogen-bond acceptors (Lipinski definition) is 4. The van der Waals surface area contributed by atoms with Crippen LogP contribution in [0.25, 0.3) is 0 Å². The fourth-order valence-electron chi connectivity index (χ4n) is 2.59. The summed E-state index contributed by atoms with van der Waals surface area (Å²) in [6.45, 7) is 4.23. The maximum atomic E-state index is 12.4. The first-order chi connectivity index (χ1) is 11.2. The van der Waals surface area contributed by atoms with Crippen molar-refractivity contribution in [2.75, 3.05) is 11.1 Å². The van der Waals surface area contributed by atoms with Crippen molar-refractivity contribution in [2.24, 2.45) is 5.92 Å². The van der Waals surface area contributed by atoms with Crippen LogP contribution in [0.1, 0.15) is 26.7 Å². The smallest absolute Gasteiger partial charge is 0.324 e. The molecule has 1 heterocycles. The minimum atomic E-state index is -4.25. The van der Waals surface area contributed by atoms with Gasteiger partial charge in [-0.15, -0.1) is 11.8 Å². The Morgan fingerprint density at radius 2 is 2.04 bits per heavy atom. The molecule has 0 aromatic heterocycles. The number of nitrogens with one attached hydrogen (secondary N) is 3. The van der Waals surface area contributed by atoms with Gasteiger partial charge in [-0.1, -0.05) is 26.0 Å². The van der Waals surface area contributed by atoms with Gasteiger partial charge in [0.15, 0.2) is 0 Å². The molecule has 1 saturated heterocycles. The summed E-state index contributed by atoms with van der Waals surface area (Å²) in [4.78, 5) is 12.8. The number of carbonyl (C=O) groups excluding carboxylic acids is 1. The van der Waals surface area contributed by atoms with Gasteiger partial charge in [0.2, 0.25) is 5.91 Å². The van der Waals surface area contributed by atoms with E-state index in [-0.39, 0.29) is 11.9 Å². The van der Waals surface area contributed by atoms with Crippen LogP contribution in [0.15, 0.2) is 29.2 Å². The van der Waals surface area contributed by atoms with Gasteiger partial charge in [0, 0.05) is 10.9 Å². The lowest BCUT2D eigenvalue weighted by Crippen LogP contribution is -2.40. The molecule has 1 aliphatic rings. The Labute approximate surface area is 143 Å². The molecule has 4 nitrogen and oxygen atoms in total. The number of rotatable bonds is 6. The van der Waals surface area contributed by atoms with Crippen LogP contribution in [-0.4, -0.2) is 29.9 Å². The maximum absolute atomic E-state index is 12.4. The number of halogens is 3. The molecular weight excluding hydrogens is 339 g/mol. The van der Waals surface area contributed by atoms with Gasteiger partial charge in [-0.3, -0.25) is 10.2 Å². The zero-order valence-corrected chi connectivity index (χ0v) is 14.4. The first-order valence-electron chi connectivity index (χ1n) is 7.85. The summed E-state index contributed by atoms with van der Waals surface area (Å²) in [7, 11) is 0. The van der Waals surface area contributed by atoms with E-state index in [1.165, 1.54) is 0 Å². The molecule has 1 aliphatic heterocycles. The van der Waals surface area contributed by atoms with Gasteiger partial charge in [-0.25, -0.2) is 5.43 Å².